The highest BCUT2D eigenvalue weighted by molar-refractivity contribution is 7.46. The molecule has 0 spiro atoms. The van der Waals surface area contributed by atoms with Gasteiger partial charge in [0.15, 0.2) is 4.31 Å². The van der Waals surface area contributed by atoms with Crippen molar-refractivity contribution in [1.82, 2.24) is 15.4 Å². The summed E-state index contributed by atoms with van der Waals surface area (Å²) in [5.41, 5.74) is 5.14. The molecule has 4 N–H and O–H groups in total. The maximum absolute atomic E-state index is 9.39. The summed E-state index contributed by atoms with van der Waals surface area (Å²) in [5, 5.41) is 10.1. The van der Waals surface area contributed by atoms with Gasteiger partial charge in [0.25, 0.3) is 0 Å². The highest BCUT2D eigenvalue weighted by Gasteiger charge is 2.31. The van der Waals surface area contributed by atoms with E-state index in [4.69, 9.17) is 15.5 Å². The number of hydrogen-bond acceptors (Lipinski definition) is 7. The van der Waals surface area contributed by atoms with Crippen molar-refractivity contribution < 1.29 is 23.2 Å². The Bertz CT molecular complexity index is 295. The standard InChI is InChI=1S/C3H4N4.O5P2/c4-3-1-2-5-7-6-3;1-6(2)5-7(3)4/h1-2H,(H2,4,5,6);/p+2. The summed E-state index contributed by atoms with van der Waals surface area (Å²) in [6, 6.07) is 1.58. The normalized spacial score (nSPS) is 11.0. The van der Waals surface area contributed by atoms with Crippen molar-refractivity contribution in [1.29, 1.82) is 0 Å². The molecule has 1 aromatic rings. The third-order valence-electron chi connectivity index (χ3n) is 0.663. The van der Waals surface area contributed by atoms with Crippen LogP contribution in [0.2, 0.25) is 0 Å². The Labute approximate surface area is 79.8 Å². The van der Waals surface area contributed by atoms with Gasteiger partial charge in [-0.25, -0.2) is 0 Å². The van der Waals surface area contributed by atoms with E-state index in [0.29, 0.717) is 5.82 Å². The Morgan fingerprint density at radius 2 is 1.93 bits per heavy atom. The van der Waals surface area contributed by atoms with Crippen LogP contribution in [0.5, 0.6) is 0 Å². The Balaban J connectivity index is 0.000000241. The molecule has 0 aliphatic heterocycles. The summed E-state index contributed by atoms with van der Waals surface area (Å²) in [7, 11) is -5.85. The van der Waals surface area contributed by atoms with Crippen molar-refractivity contribution in [3.05, 3.63) is 12.3 Å². The topological polar surface area (TPSA) is 149 Å². The second-order valence-electron chi connectivity index (χ2n) is 1.60. The molecule has 0 saturated carbocycles. The smallest absolute Gasteiger partial charge is 0.382 e. The van der Waals surface area contributed by atoms with Crippen LogP contribution in [-0.4, -0.2) is 25.2 Å². The highest BCUT2D eigenvalue weighted by atomic mass is 31.2. The first-order valence-electron chi connectivity index (χ1n) is 2.92. The van der Waals surface area contributed by atoms with E-state index in [-0.39, 0.29) is 0 Å². The largest absolute Gasteiger partial charge is 0.745 e. The van der Waals surface area contributed by atoms with Gasteiger partial charge in [-0.15, -0.1) is 20.0 Å². The average molecular weight is 240 g/mol. The van der Waals surface area contributed by atoms with Gasteiger partial charge in [0.05, 0.1) is 6.20 Å². The maximum atomic E-state index is 9.39. The molecule has 0 aliphatic carbocycles. The van der Waals surface area contributed by atoms with Crippen LogP contribution in [0.3, 0.4) is 0 Å². The van der Waals surface area contributed by atoms with Crippen LogP contribution in [0.15, 0.2) is 12.3 Å². The van der Waals surface area contributed by atoms with E-state index < -0.39 is 16.5 Å². The molecule has 0 aromatic carbocycles. The summed E-state index contributed by atoms with van der Waals surface area (Å²) in [6.45, 7) is 0. The van der Waals surface area contributed by atoms with Gasteiger partial charge < -0.3 is 5.73 Å². The van der Waals surface area contributed by atoms with Crippen molar-refractivity contribution >= 4 is 22.3 Å². The number of anilines is 1. The number of nitrogen functional groups attached to an aromatic ring is 1. The van der Waals surface area contributed by atoms with Gasteiger partial charge in [-0.2, -0.15) is 0 Å². The second kappa shape index (κ2) is 7.31. The van der Waals surface area contributed by atoms with Gasteiger partial charge in [-0.05, 0) is 5.21 Å². The van der Waals surface area contributed by atoms with Crippen LogP contribution in [0.1, 0.15) is 0 Å². The molecule has 0 amide bonds. The average Bonchev–Trinajstić information content (AvgIpc) is 2.03. The van der Waals surface area contributed by atoms with Gasteiger partial charge in [0, 0.05) is 15.2 Å². The lowest BCUT2D eigenvalue weighted by Crippen LogP contribution is -1.91. The first kappa shape index (κ1) is 12.9. The summed E-state index contributed by atoms with van der Waals surface area (Å²) < 4.78 is 22.2. The SMILES string of the molecule is Nc1ccnnn1.O=[P+](O)O[P+](=O)O. The number of nitrogens with two attached hydrogens (primary N) is 1. The Kier molecular flexibility index (Phi) is 6.73. The number of aromatic nitrogens is 3. The second-order valence-corrected chi connectivity index (χ2v) is 3.21. The molecule has 2 unspecified atom stereocenters. The molecule has 1 heterocycles. The molecular weight excluding hydrogens is 234 g/mol. The highest BCUT2D eigenvalue weighted by Crippen LogP contribution is 2.30. The fourth-order valence-corrected chi connectivity index (χ4v) is 0.788. The molecular formula is C3H6N4O5P2+2. The first-order chi connectivity index (χ1) is 6.52. The third kappa shape index (κ3) is 8.98. The van der Waals surface area contributed by atoms with Gasteiger partial charge in [-0.1, -0.05) is 0 Å². The number of rotatable bonds is 2. The molecule has 1 rings (SSSR count). The quantitative estimate of drug-likeness (QED) is 0.594. The molecule has 0 bridgehead atoms. The molecule has 14 heavy (non-hydrogen) atoms. The van der Waals surface area contributed by atoms with E-state index in [2.05, 4.69) is 19.7 Å². The lowest BCUT2D eigenvalue weighted by atomic mass is 10.6. The van der Waals surface area contributed by atoms with E-state index >= 15 is 0 Å². The van der Waals surface area contributed by atoms with Crippen LogP contribution >= 0.6 is 16.5 Å². The number of hydrogen-bond donors (Lipinski definition) is 3. The minimum Gasteiger partial charge on any atom is -0.382 e. The first-order valence-corrected chi connectivity index (χ1v) is 5.18. The Morgan fingerprint density at radius 3 is 2.07 bits per heavy atom. The summed E-state index contributed by atoms with van der Waals surface area (Å²) >= 11 is 0. The molecule has 0 radical (unpaired) electrons. The van der Waals surface area contributed by atoms with E-state index in [1.54, 1.807) is 6.07 Å². The lowest BCUT2D eigenvalue weighted by molar-refractivity contribution is 0.371. The van der Waals surface area contributed by atoms with Crippen LogP contribution in [0.25, 0.3) is 0 Å². The monoisotopic (exact) mass is 240 g/mol. The minimum absolute atomic E-state index is 0.398. The van der Waals surface area contributed by atoms with Gasteiger partial charge in [0.1, 0.15) is 5.82 Å². The van der Waals surface area contributed by atoms with Crippen LogP contribution < -0.4 is 5.73 Å². The van der Waals surface area contributed by atoms with Crippen LogP contribution in [0, 0.1) is 0 Å². The van der Waals surface area contributed by atoms with Crippen molar-refractivity contribution in [2.75, 3.05) is 5.73 Å². The van der Waals surface area contributed by atoms with E-state index in [0.717, 1.165) is 0 Å². The molecule has 11 heteroatoms. The summed E-state index contributed by atoms with van der Waals surface area (Å²) in [5.74, 6) is 0.398. The summed E-state index contributed by atoms with van der Waals surface area (Å²) in [6.07, 6.45) is 1.49. The van der Waals surface area contributed by atoms with Crippen LogP contribution in [0.4, 0.5) is 5.82 Å². The number of nitrogens with zero attached hydrogens (tertiary/aromatic N) is 3. The lowest BCUT2D eigenvalue weighted by Gasteiger charge is -1.80. The predicted molar refractivity (Wildman–Crippen MR) is 45.0 cm³/mol. The van der Waals surface area contributed by atoms with E-state index in [1.165, 1.54) is 6.20 Å². The van der Waals surface area contributed by atoms with Crippen molar-refractivity contribution in [3.8, 4) is 0 Å². The molecule has 9 nitrogen and oxygen atoms in total. The predicted octanol–water partition coefficient (Wildman–Crippen LogP) is -0.244. The zero-order valence-corrected chi connectivity index (χ0v) is 8.38. The molecule has 0 saturated heterocycles. The fourth-order valence-electron chi connectivity index (χ4n) is 0.310. The van der Waals surface area contributed by atoms with Gasteiger partial charge in [0.2, 0.25) is 0 Å². The maximum Gasteiger partial charge on any atom is 0.745 e. The Hall–Kier alpha value is -1.11. The van der Waals surface area contributed by atoms with Gasteiger partial charge in [-0.3, -0.25) is 0 Å². The third-order valence-corrected chi connectivity index (χ3v) is 1.78. The van der Waals surface area contributed by atoms with Crippen molar-refractivity contribution in [3.63, 3.8) is 0 Å². The van der Waals surface area contributed by atoms with Crippen LogP contribution in [-0.2, 0) is 13.4 Å². The van der Waals surface area contributed by atoms with Crippen molar-refractivity contribution in [2.45, 2.75) is 0 Å². The minimum atomic E-state index is -2.92. The van der Waals surface area contributed by atoms with E-state index in [9.17, 15) is 9.13 Å². The molecule has 76 valence electrons. The molecule has 1 aromatic heterocycles. The molecule has 2 atom stereocenters. The molecule has 0 fully saturated rings. The zero-order chi connectivity index (χ0) is 11.0. The van der Waals surface area contributed by atoms with E-state index in [1.807, 2.05) is 0 Å². The Morgan fingerprint density at radius 1 is 1.36 bits per heavy atom. The zero-order valence-electron chi connectivity index (χ0n) is 6.59. The summed E-state index contributed by atoms with van der Waals surface area (Å²) in [4.78, 5) is 15.3. The fraction of sp³-hybridized carbons (Fsp3) is 0. The van der Waals surface area contributed by atoms with Gasteiger partial charge >= 0.3 is 16.5 Å². The molecule has 0 aliphatic rings. The van der Waals surface area contributed by atoms with Crippen molar-refractivity contribution in [2.24, 2.45) is 0 Å².